The van der Waals surface area contributed by atoms with Crippen LogP contribution < -0.4 is 20.9 Å². The topological polar surface area (TPSA) is 96.6 Å². The summed E-state index contributed by atoms with van der Waals surface area (Å²) in [6.45, 7) is 5.66. The molecule has 1 aromatic heterocycles. The number of carbonyl (C=O) groups excluding carboxylic acids is 1. The summed E-state index contributed by atoms with van der Waals surface area (Å²) in [5.74, 6) is -0.101. The predicted octanol–water partition coefficient (Wildman–Crippen LogP) is 3.06. The number of rotatable bonds is 4. The van der Waals surface area contributed by atoms with Crippen molar-refractivity contribution in [1.29, 1.82) is 0 Å². The molecule has 2 aromatic rings. The van der Waals surface area contributed by atoms with E-state index in [9.17, 15) is 9.18 Å². The molecule has 3 fully saturated rings. The molecule has 1 amide bonds. The van der Waals surface area contributed by atoms with Crippen LogP contribution in [0.1, 0.15) is 43.0 Å². The van der Waals surface area contributed by atoms with Gasteiger partial charge in [-0.3, -0.25) is 4.79 Å². The molecule has 2 saturated heterocycles. The van der Waals surface area contributed by atoms with Gasteiger partial charge in [0.2, 0.25) is 5.95 Å². The van der Waals surface area contributed by atoms with Crippen molar-refractivity contribution in [3.8, 4) is 0 Å². The molecule has 32 heavy (non-hydrogen) atoms. The summed E-state index contributed by atoms with van der Waals surface area (Å²) in [5, 5.41) is 2.82. The van der Waals surface area contributed by atoms with E-state index in [0.29, 0.717) is 42.6 Å². The Balaban J connectivity index is 1.36. The molecule has 1 aliphatic carbocycles. The molecule has 1 unspecified atom stereocenters. The summed E-state index contributed by atoms with van der Waals surface area (Å²) < 4.78 is 19.9. The Labute approximate surface area is 187 Å². The van der Waals surface area contributed by atoms with E-state index in [-0.39, 0.29) is 17.4 Å². The van der Waals surface area contributed by atoms with E-state index in [2.05, 4.69) is 20.2 Å². The second-order valence-electron chi connectivity index (χ2n) is 9.20. The number of nitrogens with zero attached hydrogens (tertiary/aromatic N) is 4. The number of ether oxygens (including phenoxy) is 1. The van der Waals surface area contributed by atoms with Crippen molar-refractivity contribution in [3.05, 3.63) is 35.8 Å². The van der Waals surface area contributed by atoms with Crippen molar-refractivity contribution >= 4 is 29.0 Å². The maximum Gasteiger partial charge on any atom is 0.259 e. The summed E-state index contributed by atoms with van der Waals surface area (Å²) in [6.07, 6.45) is 6.47. The number of nitrogens with one attached hydrogen (secondary N) is 1. The van der Waals surface area contributed by atoms with E-state index in [1.54, 1.807) is 18.3 Å². The van der Waals surface area contributed by atoms with E-state index in [4.69, 9.17) is 10.5 Å². The smallest absolute Gasteiger partial charge is 0.259 e. The second-order valence-corrected chi connectivity index (χ2v) is 9.20. The first-order valence-corrected chi connectivity index (χ1v) is 11.3. The fourth-order valence-corrected chi connectivity index (χ4v) is 4.67. The van der Waals surface area contributed by atoms with Crippen LogP contribution >= 0.6 is 0 Å². The van der Waals surface area contributed by atoms with Gasteiger partial charge in [0.15, 0.2) is 0 Å². The van der Waals surface area contributed by atoms with Crippen LogP contribution in [0.5, 0.6) is 0 Å². The Kier molecular flexibility index (Phi) is 5.36. The Hall–Kier alpha value is -2.94. The minimum atomic E-state index is -0.597. The first-order chi connectivity index (χ1) is 15.4. The highest BCUT2D eigenvalue weighted by atomic mass is 19.1. The highest BCUT2D eigenvalue weighted by molar-refractivity contribution is 6.08. The lowest BCUT2D eigenvalue weighted by Gasteiger charge is -2.35. The monoisotopic (exact) mass is 440 g/mol. The first-order valence-electron chi connectivity index (χ1n) is 11.3. The molecule has 3 N–H and O–H groups in total. The summed E-state index contributed by atoms with van der Waals surface area (Å²) >= 11 is 0. The van der Waals surface area contributed by atoms with Gasteiger partial charge in [0.1, 0.15) is 11.6 Å². The van der Waals surface area contributed by atoms with Crippen LogP contribution in [0.2, 0.25) is 0 Å². The predicted molar refractivity (Wildman–Crippen MR) is 122 cm³/mol. The van der Waals surface area contributed by atoms with E-state index in [1.165, 1.54) is 18.9 Å². The number of morpholine rings is 1. The molecular weight excluding hydrogens is 411 g/mol. The Morgan fingerprint density at radius 3 is 2.72 bits per heavy atom. The van der Waals surface area contributed by atoms with E-state index >= 15 is 0 Å². The van der Waals surface area contributed by atoms with Gasteiger partial charge in [0.25, 0.3) is 5.91 Å². The van der Waals surface area contributed by atoms with Gasteiger partial charge >= 0.3 is 0 Å². The third kappa shape index (κ3) is 4.21. The molecule has 9 heteroatoms. The number of halogens is 1. The normalized spacial score (nSPS) is 22.1. The third-order valence-corrected chi connectivity index (χ3v) is 6.89. The Morgan fingerprint density at radius 2 is 2.00 bits per heavy atom. The molecule has 3 aliphatic rings. The minimum absolute atomic E-state index is 0.0500. The fourth-order valence-electron chi connectivity index (χ4n) is 4.67. The molecule has 170 valence electrons. The molecule has 1 spiro atoms. The molecule has 8 nitrogen and oxygen atoms in total. The molecule has 5 rings (SSSR count). The number of anilines is 4. The number of hydrogen-bond acceptors (Lipinski definition) is 7. The zero-order valence-corrected chi connectivity index (χ0v) is 18.3. The van der Waals surface area contributed by atoms with Crippen LogP contribution in [-0.2, 0) is 4.74 Å². The standard InChI is InChI=1S/C23H29FN6O2/c1-15-14-30(10-11-32-15)22-26-7-2-20(28-22)27-21(31)16-12-17(24)18(25)13-19(16)29-8-5-23(3-4-23)6-9-29/h2,7,12-13,15H,3-6,8-11,14,25H2,1H3,(H,26,27,28,31). The molecule has 3 heterocycles. The van der Waals surface area contributed by atoms with Crippen LogP contribution in [0.3, 0.4) is 0 Å². The fraction of sp³-hybridized carbons (Fsp3) is 0.522. The van der Waals surface area contributed by atoms with Gasteiger partial charge in [-0.05, 0) is 56.2 Å². The number of carbonyl (C=O) groups is 1. The Morgan fingerprint density at radius 1 is 1.22 bits per heavy atom. The van der Waals surface area contributed by atoms with Crippen molar-refractivity contribution in [2.75, 3.05) is 53.6 Å². The summed E-state index contributed by atoms with van der Waals surface area (Å²) in [7, 11) is 0. The largest absolute Gasteiger partial charge is 0.396 e. The molecule has 1 saturated carbocycles. The SMILES string of the molecule is CC1CN(c2nccc(NC(=O)c3cc(F)c(N)cc3N3CCC4(CC3)CC4)n2)CCO1. The Bertz CT molecular complexity index is 1020. The molecule has 1 atom stereocenters. The first kappa shape index (κ1) is 20.9. The maximum absolute atomic E-state index is 14.3. The van der Waals surface area contributed by atoms with Crippen molar-refractivity contribution in [3.63, 3.8) is 0 Å². The van der Waals surface area contributed by atoms with Crippen molar-refractivity contribution in [1.82, 2.24) is 9.97 Å². The number of amides is 1. The van der Waals surface area contributed by atoms with Gasteiger partial charge in [0.05, 0.1) is 29.6 Å². The summed E-state index contributed by atoms with van der Waals surface area (Å²) in [6, 6.07) is 4.44. The average molecular weight is 441 g/mol. The molecular formula is C23H29FN6O2. The summed E-state index contributed by atoms with van der Waals surface area (Å²) in [5.41, 5.74) is 7.35. The third-order valence-electron chi connectivity index (χ3n) is 6.89. The van der Waals surface area contributed by atoms with E-state index in [0.717, 1.165) is 25.9 Å². The van der Waals surface area contributed by atoms with Crippen molar-refractivity contribution in [2.24, 2.45) is 5.41 Å². The molecule has 0 radical (unpaired) electrons. The minimum Gasteiger partial charge on any atom is -0.396 e. The van der Waals surface area contributed by atoms with Crippen molar-refractivity contribution < 1.29 is 13.9 Å². The quantitative estimate of drug-likeness (QED) is 0.706. The number of aromatic nitrogens is 2. The second kappa shape index (κ2) is 8.20. The van der Waals surface area contributed by atoms with Crippen LogP contribution in [0.15, 0.2) is 24.4 Å². The molecule has 2 aliphatic heterocycles. The molecule has 0 bridgehead atoms. The van der Waals surface area contributed by atoms with Gasteiger partial charge in [-0.1, -0.05) is 0 Å². The van der Waals surface area contributed by atoms with E-state index < -0.39 is 11.7 Å². The van der Waals surface area contributed by atoms with Crippen LogP contribution in [0.25, 0.3) is 0 Å². The lowest BCUT2D eigenvalue weighted by atomic mass is 9.93. The zero-order valence-electron chi connectivity index (χ0n) is 18.3. The van der Waals surface area contributed by atoms with Crippen LogP contribution in [-0.4, -0.2) is 54.8 Å². The number of hydrogen-bond donors (Lipinski definition) is 2. The highest BCUT2D eigenvalue weighted by Crippen LogP contribution is 2.54. The van der Waals surface area contributed by atoms with Crippen LogP contribution in [0, 0.1) is 11.2 Å². The van der Waals surface area contributed by atoms with Crippen LogP contribution in [0.4, 0.5) is 27.5 Å². The van der Waals surface area contributed by atoms with Gasteiger partial charge in [-0.15, -0.1) is 0 Å². The highest BCUT2D eigenvalue weighted by Gasteiger charge is 2.44. The van der Waals surface area contributed by atoms with Gasteiger partial charge < -0.3 is 25.6 Å². The lowest BCUT2D eigenvalue weighted by molar-refractivity contribution is 0.0526. The zero-order chi connectivity index (χ0) is 22.3. The number of benzene rings is 1. The average Bonchev–Trinajstić information content (AvgIpc) is 3.55. The number of piperidine rings is 1. The van der Waals surface area contributed by atoms with E-state index in [1.807, 2.05) is 11.8 Å². The van der Waals surface area contributed by atoms with Gasteiger partial charge in [-0.2, -0.15) is 4.98 Å². The van der Waals surface area contributed by atoms with Crippen molar-refractivity contribution in [2.45, 2.75) is 38.7 Å². The number of nitrogens with two attached hydrogens (primary N) is 1. The van der Waals surface area contributed by atoms with Gasteiger partial charge in [-0.25, -0.2) is 9.37 Å². The number of nitrogen functional groups attached to an aromatic ring is 1. The lowest BCUT2D eigenvalue weighted by Crippen LogP contribution is -2.42. The van der Waals surface area contributed by atoms with Gasteiger partial charge in [0, 0.05) is 32.4 Å². The summed E-state index contributed by atoms with van der Waals surface area (Å²) in [4.78, 5) is 26.2. The molecule has 1 aromatic carbocycles. The maximum atomic E-state index is 14.3.